The molecule has 0 spiro atoms. The lowest BCUT2D eigenvalue weighted by atomic mass is 10.2. The Morgan fingerprint density at radius 1 is 1.00 bits per heavy atom. The molecule has 0 aliphatic carbocycles. The fraction of sp³-hybridized carbons (Fsp3) is 0.125. The minimum atomic E-state index is -0.758. The lowest BCUT2D eigenvalue weighted by molar-refractivity contribution is 0.284. The molecule has 0 radical (unpaired) electrons. The van der Waals surface area contributed by atoms with Gasteiger partial charge in [0.05, 0.1) is 0 Å². The van der Waals surface area contributed by atoms with Crippen LogP contribution in [0.1, 0.15) is 11.1 Å². The van der Waals surface area contributed by atoms with Crippen molar-refractivity contribution in [3.8, 4) is 17.6 Å². The maximum absolute atomic E-state index is 13.6. The highest BCUT2D eigenvalue weighted by Gasteiger charge is 2.08. The third-order valence-corrected chi connectivity index (χ3v) is 2.64. The molecule has 108 valence electrons. The first-order valence-electron chi connectivity index (χ1n) is 6.06. The van der Waals surface area contributed by atoms with Gasteiger partial charge in [-0.05, 0) is 30.3 Å². The minimum Gasteiger partial charge on any atom is -0.486 e. The molecule has 0 heterocycles. The third-order valence-electron chi connectivity index (χ3n) is 2.64. The Morgan fingerprint density at radius 2 is 1.81 bits per heavy atom. The average Bonchev–Trinajstić information content (AvgIpc) is 2.46. The summed E-state index contributed by atoms with van der Waals surface area (Å²) in [7, 11) is 0. The standard InChI is InChI=1S/C16H11F3O2/c17-13-5-4-12(15(19)9-13)10-21-16-8-11(2-1-7-20)3-6-14(16)18/h3-6,8-9,20H,7,10H2. The molecule has 2 aromatic rings. The molecule has 0 saturated carbocycles. The smallest absolute Gasteiger partial charge is 0.165 e. The monoisotopic (exact) mass is 292 g/mol. The molecule has 5 heteroatoms. The van der Waals surface area contributed by atoms with Crippen molar-refractivity contribution in [2.45, 2.75) is 6.61 Å². The summed E-state index contributed by atoms with van der Waals surface area (Å²) in [6.07, 6.45) is 0. The van der Waals surface area contributed by atoms with E-state index in [9.17, 15) is 13.2 Å². The molecular weight excluding hydrogens is 281 g/mol. The fourth-order valence-electron chi connectivity index (χ4n) is 1.63. The van der Waals surface area contributed by atoms with Crippen molar-refractivity contribution >= 4 is 0 Å². The first-order valence-corrected chi connectivity index (χ1v) is 6.06. The van der Waals surface area contributed by atoms with E-state index in [1.807, 2.05) is 0 Å². The van der Waals surface area contributed by atoms with Crippen LogP contribution in [0.25, 0.3) is 0 Å². The lowest BCUT2D eigenvalue weighted by Gasteiger charge is -2.08. The Kier molecular flexibility index (Phi) is 4.85. The summed E-state index contributed by atoms with van der Waals surface area (Å²) < 4.78 is 45.0. The zero-order valence-electron chi connectivity index (χ0n) is 10.9. The molecule has 0 aliphatic rings. The summed E-state index contributed by atoms with van der Waals surface area (Å²) in [6, 6.07) is 7.01. The van der Waals surface area contributed by atoms with Crippen LogP contribution in [0, 0.1) is 29.3 Å². The minimum absolute atomic E-state index is 0.0940. The number of ether oxygens (including phenoxy) is 1. The Balaban J connectivity index is 2.15. The summed E-state index contributed by atoms with van der Waals surface area (Å²) >= 11 is 0. The molecule has 21 heavy (non-hydrogen) atoms. The molecule has 0 bridgehead atoms. The van der Waals surface area contributed by atoms with Crippen LogP contribution in [-0.4, -0.2) is 11.7 Å². The Morgan fingerprint density at radius 3 is 2.52 bits per heavy atom. The van der Waals surface area contributed by atoms with E-state index in [0.29, 0.717) is 5.56 Å². The van der Waals surface area contributed by atoms with Gasteiger partial charge in [0.15, 0.2) is 11.6 Å². The van der Waals surface area contributed by atoms with E-state index >= 15 is 0 Å². The van der Waals surface area contributed by atoms with Gasteiger partial charge in [0, 0.05) is 17.2 Å². The maximum atomic E-state index is 13.6. The number of hydrogen-bond donors (Lipinski definition) is 1. The van der Waals surface area contributed by atoms with E-state index in [1.165, 1.54) is 18.2 Å². The molecule has 0 atom stereocenters. The molecule has 0 aromatic heterocycles. The van der Waals surface area contributed by atoms with Crippen molar-refractivity contribution in [2.75, 3.05) is 6.61 Å². The molecule has 2 rings (SSSR count). The summed E-state index contributed by atoms with van der Waals surface area (Å²) in [5, 5.41) is 8.61. The van der Waals surface area contributed by atoms with E-state index in [4.69, 9.17) is 9.84 Å². The zero-order chi connectivity index (χ0) is 15.2. The quantitative estimate of drug-likeness (QED) is 0.881. The van der Waals surface area contributed by atoms with Crippen molar-refractivity contribution in [2.24, 2.45) is 0 Å². The van der Waals surface area contributed by atoms with Crippen LogP contribution >= 0.6 is 0 Å². The summed E-state index contributed by atoms with van der Waals surface area (Å²) in [5.74, 6) is 2.87. The van der Waals surface area contributed by atoms with Gasteiger partial charge < -0.3 is 9.84 Å². The molecule has 0 aliphatic heterocycles. The van der Waals surface area contributed by atoms with Gasteiger partial charge in [-0.2, -0.15) is 0 Å². The van der Waals surface area contributed by atoms with Gasteiger partial charge in [0.1, 0.15) is 24.8 Å². The summed E-state index contributed by atoms with van der Waals surface area (Å²) in [6.45, 7) is -0.547. The van der Waals surface area contributed by atoms with Crippen LogP contribution in [0.4, 0.5) is 13.2 Å². The summed E-state index contributed by atoms with van der Waals surface area (Å²) in [5.41, 5.74) is 0.572. The lowest BCUT2D eigenvalue weighted by Crippen LogP contribution is -2.01. The number of hydrogen-bond acceptors (Lipinski definition) is 2. The number of rotatable bonds is 3. The van der Waals surface area contributed by atoms with Gasteiger partial charge in [-0.15, -0.1) is 0 Å². The average molecular weight is 292 g/mol. The van der Waals surface area contributed by atoms with Crippen molar-refractivity contribution in [3.63, 3.8) is 0 Å². The largest absolute Gasteiger partial charge is 0.486 e. The van der Waals surface area contributed by atoms with E-state index in [1.54, 1.807) is 0 Å². The maximum Gasteiger partial charge on any atom is 0.165 e. The van der Waals surface area contributed by atoms with E-state index in [-0.39, 0.29) is 24.5 Å². The third kappa shape index (κ3) is 4.01. The van der Waals surface area contributed by atoms with Gasteiger partial charge in [0.2, 0.25) is 0 Å². The van der Waals surface area contributed by atoms with Gasteiger partial charge in [-0.3, -0.25) is 0 Å². The van der Waals surface area contributed by atoms with E-state index in [2.05, 4.69) is 11.8 Å². The highest BCUT2D eigenvalue weighted by atomic mass is 19.1. The number of halogens is 3. The number of benzene rings is 2. The highest BCUT2D eigenvalue weighted by Crippen LogP contribution is 2.20. The molecule has 0 saturated heterocycles. The molecule has 0 unspecified atom stereocenters. The topological polar surface area (TPSA) is 29.5 Å². The first kappa shape index (κ1) is 14.9. The van der Waals surface area contributed by atoms with Crippen LogP contribution in [0.2, 0.25) is 0 Å². The van der Waals surface area contributed by atoms with Crippen molar-refractivity contribution in [1.29, 1.82) is 0 Å². The second kappa shape index (κ2) is 6.82. The van der Waals surface area contributed by atoms with Gasteiger partial charge in [-0.1, -0.05) is 11.8 Å². The van der Waals surface area contributed by atoms with Crippen LogP contribution < -0.4 is 4.74 Å². The predicted molar refractivity (Wildman–Crippen MR) is 71.1 cm³/mol. The molecule has 0 fully saturated rings. The molecule has 2 nitrogen and oxygen atoms in total. The highest BCUT2D eigenvalue weighted by molar-refractivity contribution is 5.40. The Labute approximate surface area is 119 Å². The van der Waals surface area contributed by atoms with Crippen molar-refractivity contribution < 1.29 is 23.0 Å². The summed E-state index contributed by atoms with van der Waals surface area (Å²) in [4.78, 5) is 0. The predicted octanol–water partition coefficient (Wildman–Crippen LogP) is 3.03. The molecule has 1 N–H and O–H groups in total. The number of aliphatic hydroxyl groups is 1. The van der Waals surface area contributed by atoms with Crippen LogP contribution in [-0.2, 0) is 6.61 Å². The van der Waals surface area contributed by atoms with E-state index < -0.39 is 17.5 Å². The Hall–Kier alpha value is -2.45. The van der Waals surface area contributed by atoms with Gasteiger partial charge >= 0.3 is 0 Å². The van der Waals surface area contributed by atoms with Crippen LogP contribution in [0.5, 0.6) is 5.75 Å². The zero-order valence-corrected chi connectivity index (χ0v) is 10.9. The molecule has 2 aromatic carbocycles. The molecule has 0 amide bonds. The van der Waals surface area contributed by atoms with Crippen molar-refractivity contribution in [3.05, 3.63) is 65.0 Å². The SMILES string of the molecule is OCC#Cc1ccc(F)c(OCc2ccc(F)cc2F)c1. The van der Waals surface area contributed by atoms with Crippen molar-refractivity contribution in [1.82, 2.24) is 0 Å². The van der Waals surface area contributed by atoms with Gasteiger partial charge in [0.25, 0.3) is 0 Å². The second-order valence-corrected chi connectivity index (χ2v) is 4.13. The van der Waals surface area contributed by atoms with Crippen LogP contribution in [0.15, 0.2) is 36.4 Å². The normalized spacial score (nSPS) is 9.90. The fourth-order valence-corrected chi connectivity index (χ4v) is 1.63. The van der Waals surface area contributed by atoms with Crippen LogP contribution in [0.3, 0.4) is 0 Å². The van der Waals surface area contributed by atoms with Gasteiger partial charge in [-0.25, -0.2) is 13.2 Å². The van der Waals surface area contributed by atoms with E-state index in [0.717, 1.165) is 18.2 Å². The first-order chi connectivity index (χ1) is 10.1. The second-order valence-electron chi connectivity index (χ2n) is 4.13. The Bertz CT molecular complexity index is 702. The molecular formula is C16H11F3O2. The number of aliphatic hydroxyl groups excluding tert-OH is 1.